The number of benzene rings is 1. The third kappa shape index (κ3) is 2.16. The molecule has 1 aliphatic carbocycles. The van der Waals surface area contributed by atoms with Gasteiger partial charge in [-0.1, -0.05) is 30.3 Å². The smallest absolute Gasteiger partial charge is 0.0917 e. The van der Waals surface area contributed by atoms with E-state index in [1.54, 1.807) is 0 Å². The molecule has 0 aromatic heterocycles. The molecule has 0 atom stereocenters. The van der Waals surface area contributed by atoms with Crippen LogP contribution in [0, 0.1) is 0 Å². The summed E-state index contributed by atoms with van der Waals surface area (Å²) >= 11 is 0. The number of rotatable bonds is 2. The van der Waals surface area contributed by atoms with E-state index in [2.05, 4.69) is 24.3 Å². The van der Waals surface area contributed by atoms with E-state index < -0.39 is 0 Å². The summed E-state index contributed by atoms with van der Waals surface area (Å²) in [7, 11) is 0. The summed E-state index contributed by atoms with van der Waals surface area (Å²) in [6, 6.07) is 10.4. The molecule has 0 fully saturated rings. The highest BCUT2D eigenvalue weighted by molar-refractivity contribution is 5.24. The van der Waals surface area contributed by atoms with Gasteiger partial charge in [0.2, 0.25) is 0 Å². The van der Waals surface area contributed by atoms with Crippen LogP contribution in [-0.4, -0.2) is 5.11 Å². The standard InChI is InChI=1S/C13H16O/c14-13-9-5-4-8-12(13)10-11-6-2-1-3-7-11/h1-3,6-7,14H,4-5,8-10H2. The van der Waals surface area contributed by atoms with Crippen LogP contribution < -0.4 is 0 Å². The molecule has 1 N–H and O–H groups in total. The van der Waals surface area contributed by atoms with E-state index in [0.29, 0.717) is 5.76 Å². The van der Waals surface area contributed by atoms with E-state index in [-0.39, 0.29) is 0 Å². The summed E-state index contributed by atoms with van der Waals surface area (Å²) in [5.74, 6) is 0.639. The summed E-state index contributed by atoms with van der Waals surface area (Å²) in [5.41, 5.74) is 2.54. The van der Waals surface area contributed by atoms with Gasteiger partial charge in [-0.15, -0.1) is 0 Å². The van der Waals surface area contributed by atoms with Crippen molar-refractivity contribution in [2.45, 2.75) is 32.1 Å². The Kier molecular flexibility index (Phi) is 2.87. The van der Waals surface area contributed by atoms with Crippen LogP contribution in [0.4, 0.5) is 0 Å². The van der Waals surface area contributed by atoms with E-state index in [1.165, 1.54) is 17.6 Å². The Bertz CT molecular complexity index is 324. The lowest BCUT2D eigenvalue weighted by atomic mass is 9.93. The van der Waals surface area contributed by atoms with Gasteiger partial charge in [0.15, 0.2) is 0 Å². The van der Waals surface area contributed by atoms with Gasteiger partial charge in [0.1, 0.15) is 0 Å². The van der Waals surface area contributed by atoms with E-state index in [4.69, 9.17) is 0 Å². The van der Waals surface area contributed by atoms with Gasteiger partial charge >= 0.3 is 0 Å². The predicted octanol–water partition coefficient (Wildman–Crippen LogP) is 3.62. The van der Waals surface area contributed by atoms with Gasteiger partial charge in [0.25, 0.3) is 0 Å². The molecular weight excluding hydrogens is 172 g/mol. The molecule has 74 valence electrons. The van der Waals surface area contributed by atoms with Crippen molar-refractivity contribution >= 4 is 0 Å². The normalized spacial score (nSPS) is 17.1. The van der Waals surface area contributed by atoms with E-state index in [0.717, 1.165) is 25.7 Å². The molecule has 0 unspecified atom stereocenters. The van der Waals surface area contributed by atoms with Crippen LogP contribution in [0.5, 0.6) is 0 Å². The fraction of sp³-hybridized carbons (Fsp3) is 0.385. The van der Waals surface area contributed by atoms with Crippen LogP contribution in [0.3, 0.4) is 0 Å². The van der Waals surface area contributed by atoms with Gasteiger partial charge in [0.05, 0.1) is 5.76 Å². The number of aliphatic hydroxyl groups excluding tert-OH is 1. The van der Waals surface area contributed by atoms with Crippen LogP contribution in [0.25, 0.3) is 0 Å². The molecule has 0 amide bonds. The Labute approximate surface area is 85.1 Å². The second-order valence-corrected chi connectivity index (χ2v) is 3.92. The quantitative estimate of drug-likeness (QED) is 0.751. The lowest BCUT2D eigenvalue weighted by Crippen LogP contribution is -2.02. The van der Waals surface area contributed by atoms with E-state index in [1.807, 2.05) is 6.07 Å². The summed E-state index contributed by atoms with van der Waals surface area (Å²) in [5, 5.41) is 9.71. The van der Waals surface area contributed by atoms with Crippen molar-refractivity contribution in [2.75, 3.05) is 0 Å². The number of aliphatic hydroxyl groups is 1. The minimum Gasteiger partial charge on any atom is -0.512 e. The molecule has 0 heterocycles. The Morgan fingerprint density at radius 1 is 1.00 bits per heavy atom. The van der Waals surface area contributed by atoms with Crippen LogP contribution in [-0.2, 0) is 6.42 Å². The lowest BCUT2D eigenvalue weighted by Gasteiger charge is -2.15. The van der Waals surface area contributed by atoms with Gasteiger partial charge in [-0.25, -0.2) is 0 Å². The van der Waals surface area contributed by atoms with Crippen molar-refractivity contribution in [1.82, 2.24) is 0 Å². The van der Waals surface area contributed by atoms with Crippen LogP contribution in [0.2, 0.25) is 0 Å². The maximum absolute atomic E-state index is 9.71. The lowest BCUT2D eigenvalue weighted by molar-refractivity contribution is 0.356. The van der Waals surface area contributed by atoms with Crippen molar-refractivity contribution in [2.24, 2.45) is 0 Å². The summed E-state index contributed by atoms with van der Waals surface area (Å²) in [6.07, 6.45) is 5.24. The van der Waals surface area contributed by atoms with Gasteiger partial charge in [0, 0.05) is 6.42 Å². The van der Waals surface area contributed by atoms with Crippen molar-refractivity contribution in [1.29, 1.82) is 0 Å². The van der Waals surface area contributed by atoms with Gasteiger partial charge in [-0.05, 0) is 36.8 Å². The van der Waals surface area contributed by atoms with Crippen molar-refractivity contribution in [3.63, 3.8) is 0 Å². The zero-order valence-corrected chi connectivity index (χ0v) is 8.37. The first-order valence-corrected chi connectivity index (χ1v) is 5.30. The minimum atomic E-state index is 0.639. The number of hydrogen-bond acceptors (Lipinski definition) is 1. The molecule has 1 aliphatic rings. The van der Waals surface area contributed by atoms with Gasteiger partial charge < -0.3 is 5.11 Å². The first-order chi connectivity index (χ1) is 6.86. The largest absolute Gasteiger partial charge is 0.512 e. The minimum absolute atomic E-state index is 0.639. The number of allylic oxidation sites excluding steroid dienone is 2. The summed E-state index contributed by atoms with van der Waals surface area (Å²) in [6.45, 7) is 0. The zero-order valence-electron chi connectivity index (χ0n) is 8.37. The van der Waals surface area contributed by atoms with Crippen LogP contribution in [0.15, 0.2) is 41.7 Å². The maximum Gasteiger partial charge on any atom is 0.0917 e. The van der Waals surface area contributed by atoms with Gasteiger partial charge in [-0.2, -0.15) is 0 Å². The highest BCUT2D eigenvalue weighted by Gasteiger charge is 2.11. The molecule has 14 heavy (non-hydrogen) atoms. The molecule has 0 bridgehead atoms. The van der Waals surface area contributed by atoms with Crippen molar-refractivity contribution in [3.8, 4) is 0 Å². The van der Waals surface area contributed by atoms with E-state index in [9.17, 15) is 5.11 Å². The van der Waals surface area contributed by atoms with Crippen molar-refractivity contribution < 1.29 is 5.11 Å². The van der Waals surface area contributed by atoms with E-state index >= 15 is 0 Å². The van der Waals surface area contributed by atoms with Crippen LogP contribution in [0.1, 0.15) is 31.2 Å². The van der Waals surface area contributed by atoms with Gasteiger partial charge in [-0.3, -0.25) is 0 Å². The highest BCUT2D eigenvalue weighted by atomic mass is 16.3. The molecule has 1 aromatic rings. The predicted molar refractivity (Wildman–Crippen MR) is 58.3 cm³/mol. The monoisotopic (exact) mass is 188 g/mol. The fourth-order valence-corrected chi connectivity index (χ4v) is 1.98. The van der Waals surface area contributed by atoms with Crippen LogP contribution >= 0.6 is 0 Å². The zero-order chi connectivity index (χ0) is 9.80. The maximum atomic E-state index is 9.71. The Morgan fingerprint density at radius 3 is 2.43 bits per heavy atom. The highest BCUT2D eigenvalue weighted by Crippen LogP contribution is 2.25. The molecule has 0 saturated carbocycles. The Hall–Kier alpha value is -1.24. The fourth-order valence-electron chi connectivity index (χ4n) is 1.98. The topological polar surface area (TPSA) is 20.2 Å². The summed E-state index contributed by atoms with van der Waals surface area (Å²) < 4.78 is 0. The molecule has 0 saturated heterocycles. The first-order valence-electron chi connectivity index (χ1n) is 5.30. The second-order valence-electron chi connectivity index (χ2n) is 3.92. The SMILES string of the molecule is OC1=C(Cc2ccccc2)CCCC1. The molecule has 0 aliphatic heterocycles. The Morgan fingerprint density at radius 2 is 1.71 bits per heavy atom. The number of hydrogen-bond donors (Lipinski definition) is 1. The first kappa shape index (κ1) is 9.32. The molecule has 1 aromatic carbocycles. The summed E-state index contributed by atoms with van der Waals surface area (Å²) in [4.78, 5) is 0. The molecule has 2 rings (SSSR count). The molecule has 0 radical (unpaired) electrons. The van der Waals surface area contributed by atoms with Crippen molar-refractivity contribution in [3.05, 3.63) is 47.2 Å². The third-order valence-electron chi connectivity index (χ3n) is 2.81. The second kappa shape index (κ2) is 4.32. The Balaban J connectivity index is 2.10. The average Bonchev–Trinajstić information content (AvgIpc) is 2.23. The average molecular weight is 188 g/mol. The molecule has 1 heteroatoms. The molecular formula is C13H16O. The third-order valence-corrected chi connectivity index (χ3v) is 2.81. The molecule has 0 spiro atoms. The molecule has 1 nitrogen and oxygen atoms in total.